The first-order valence-corrected chi connectivity index (χ1v) is 8.41. The summed E-state index contributed by atoms with van der Waals surface area (Å²) in [4.78, 5) is 0.222. The molecule has 0 saturated heterocycles. The van der Waals surface area contributed by atoms with Crippen LogP contribution in [0.3, 0.4) is 0 Å². The Balaban J connectivity index is 2.24. The molecule has 2 unspecified atom stereocenters. The number of benzene rings is 1. The minimum absolute atomic E-state index is 0.000102. The first kappa shape index (κ1) is 15.3. The first-order valence-electron chi connectivity index (χ1n) is 6.93. The van der Waals surface area contributed by atoms with E-state index in [1.165, 1.54) is 6.07 Å². The van der Waals surface area contributed by atoms with Gasteiger partial charge in [0, 0.05) is 18.3 Å². The summed E-state index contributed by atoms with van der Waals surface area (Å²) in [7, 11) is -3.60. The van der Waals surface area contributed by atoms with Crippen LogP contribution in [0.25, 0.3) is 0 Å². The molecule has 5 nitrogen and oxygen atoms in total. The van der Waals surface area contributed by atoms with Gasteiger partial charge < -0.3 is 10.8 Å². The predicted octanol–water partition coefficient (Wildman–Crippen LogP) is 1.41. The number of sulfonamides is 1. The lowest BCUT2D eigenvalue weighted by molar-refractivity contribution is 0.164. The van der Waals surface area contributed by atoms with Gasteiger partial charge in [-0.3, -0.25) is 0 Å². The van der Waals surface area contributed by atoms with E-state index in [4.69, 9.17) is 5.73 Å². The molecule has 0 aliphatic heterocycles. The third-order valence-electron chi connectivity index (χ3n) is 3.95. The molecule has 0 radical (unpaired) electrons. The molecule has 6 heteroatoms. The molecule has 112 valence electrons. The minimum atomic E-state index is -3.60. The van der Waals surface area contributed by atoms with E-state index in [1.54, 1.807) is 19.1 Å². The molecular formula is C14H22N2O3S. The summed E-state index contributed by atoms with van der Waals surface area (Å²) in [5.74, 6) is -0.000102. The second kappa shape index (κ2) is 6.11. The highest BCUT2D eigenvalue weighted by Crippen LogP contribution is 2.26. The van der Waals surface area contributed by atoms with Crippen molar-refractivity contribution in [3.63, 3.8) is 0 Å². The van der Waals surface area contributed by atoms with Crippen molar-refractivity contribution in [3.8, 4) is 0 Å². The number of hydrogen-bond acceptors (Lipinski definition) is 4. The summed E-state index contributed by atoms with van der Waals surface area (Å²) in [6.07, 6.45) is 3.66. The highest BCUT2D eigenvalue weighted by Gasteiger charge is 2.29. The molecule has 0 heterocycles. The number of nitrogens with one attached hydrogen (secondary N) is 1. The Labute approximate surface area is 120 Å². The Morgan fingerprint density at radius 3 is 2.75 bits per heavy atom. The van der Waals surface area contributed by atoms with E-state index in [0.29, 0.717) is 11.3 Å². The Morgan fingerprint density at radius 1 is 1.35 bits per heavy atom. The van der Waals surface area contributed by atoms with Crippen LogP contribution in [0.15, 0.2) is 23.1 Å². The zero-order chi connectivity index (χ0) is 14.8. The molecule has 4 N–H and O–H groups in total. The summed E-state index contributed by atoms with van der Waals surface area (Å²) < 4.78 is 27.7. The monoisotopic (exact) mass is 298 g/mol. The van der Waals surface area contributed by atoms with Crippen LogP contribution in [0.1, 0.15) is 31.2 Å². The van der Waals surface area contributed by atoms with Crippen molar-refractivity contribution in [2.75, 3.05) is 12.3 Å². The van der Waals surface area contributed by atoms with E-state index in [2.05, 4.69) is 4.72 Å². The van der Waals surface area contributed by atoms with E-state index in [9.17, 15) is 13.5 Å². The lowest BCUT2D eigenvalue weighted by atomic mass is 9.86. The number of nitrogens with two attached hydrogens (primary N) is 1. The molecule has 20 heavy (non-hydrogen) atoms. The summed E-state index contributed by atoms with van der Waals surface area (Å²) in [6, 6.07) is 4.67. The van der Waals surface area contributed by atoms with Gasteiger partial charge in [-0.1, -0.05) is 18.9 Å². The van der Waals surface area contributed by atoms with Gasteiger partial charge in [0.25, 0.3) is 0 Å². The average molecular weight is 298 g/mol. The molecule has 0 amide bonds. The molecule has 1 aromatic rings. The van der Waals surface area contributed by atoms with Gasteiger partial charge in [-0.25, -0.2) is 13.1 Å². The number of rotatable bonds is 4. The van der Waals surface area contributed by atoms with Crippen LogP contribution in [0.2, 0.25) is 0 Å². The van der Waals surface area contributed by atoms with Crippen molar-refractivity contribution in [1.29, 1.82) is 0 Å². The van der Waals surface area contributed by atoms with Gasteiger partial charge in [0.05, 0.1) is 4.90 Å². The number of nitrogen functional groups attached to an aromatic ring is 1. The van der Waals surface area contributed by atoms with Crippen molar-refractivity contribution in [2.45, 2.75) is 43.5 Å². The Bertz CT molecular complexity index is 572. The molecular weight excluding hydrogens is 276 g/mol. The van der Waals surface area contributed by atoms with E-state index in [0.717, 1.165) is 25.7 Å². The van der Waals surface area contributed by atoms with Crippen molar-refractivity contribution in [3.05, 3.63) is 23.8 Å². The number of aryl methyl sites for hydroxylation is 1. The van der Waals surface area contributed by atoms with Crippen molar-refractivity contribution >= 4 is 15.7 Å². The third-order valence-corrected chi connectivity index (χ3v) is 5.58. The van der Waals surface area contributed by atoms with Gasteiger partial charge in [-0.05, 0) is 43.4 Å². The lowest BCUT2D eigenvalue weighted by Crippen LogP contribution is -2.43. The maximum Gasteiger partial charge on any atom is 0.241 e. The largest absolute Gasteiger partial charge is 0.399 e. The predicted molar refractivity (Wildman–Crippen MR) is 78.7 cm³/mol. The highest BCUT2D eigenvalue weighted by molar-refractivity contribution is 7.89. The molecule has 2 atom stereocenters. The van der Waals surface area contributed by atoms with Gasteiger partial charge in [0.2, 0.25) is 10.0 Å². The summed E-state index contributed by atoms with van der Waals surface area (Å²) in [5.41, 5.74) is 6.78. The number of hydrogen-bond donors (Lipinski definition) is 3. The Hall–Kier alpha value is -1.11. The van der Waals surface area contributed by atoms with Crippen LogP contribution < -0.4 is 10.5 Å². The van der Waals surface area contributed by atoms with Gasteiger partial charge in [-0.2, -0.15) is 0 Å². The molecule has 1 saturated carbocycles. The Morgan fingerprint density at radius 2 is 2.05 bits per heavy atom. The van der Waals surface area contributed by atoms with Gasteiger partial charge in [0.15, 0.2) is 0 Å². The summed E-state index contributed by atoms with van der Waals surface area (Å²) in [6.45, 7) is 1.77. The van der Waals surface area contributed by atoms with Crippen molar-refractivity contribution in [1.82, 2.24) is 4.72 Å². The van der Waals surface area contributed by atoms with Crippen LogP contribution in [-0.4, -0.2) is 26.2 Å². The van der Waals surface area contributed by atoms with Crippen molar-refractivity contribution in [2.24, 2.45) is 5.92 Å². The third kappa shape index (κ3) is 3.31. The molecule has 1 aliphatic carbocycles. The summed E-state index contributed by atoms with van der Waals surface area (Å²) >= 11 is 0. The second-order valence-electron chi connectivity index (χ2n) is 5.48. The van der Waals surface area contributed by atoms with E-state index >= 15 is 0 Å². The second-order valence-corrected chi connectivity index (χ2v) is 7.16. The maximum atomic E-state index is 12.5. The SMILES string of the molecule is Cc1ccc(N)cc1S(=O)(=O)NC1CCCCC1CO. The number of anilines is 1. The standard InChI is InChI=1S/C14H22N2O3S/c1-10-6-7-12(15)8-14(10)20(18,19)16-13-5-3-2-4-11(13)9-17/h6-8,11,13,16-17H,2-5,9,15H2,1H3. The molecule has 1 aromatic carbocycles. The fraction of sp³-hybridized carbons (Fsp3) is 0.571. The zero-order valence-corrected chi connectivity index (χ0v) is 12.5. The van der Waals surface area contributed by atoms with E-state index in [-0.39, 0.29) is 23.5 Å². The highest BCUT2D eigenvalue weighted by atomic mass is 32.2. The van der Waals surface area contributed by atoms with Gasteiger partial charge in [-0.15, -0.1) is 0 Å². The van der Waals surface area contributed by atoms with Crippen molar-refractivity contribution < 1.29 is 13.5 Å². The maximum absolute atomic E-state index is 12.5. The molecule has 1 aliphatic rings. The molecule has 0 bridgehead atoms. The zero-order valence-electron chi connectivity index (χ0n) is 11.7. The first-order chi connectivity index (χ1) is 9.44. The Kier molecular flexibility index (Phi) is 4.67. The molecule has 2 rings (SSSR count). The lowest BCUT2D eigenvalue weighted by Gasteiger charge is -2.30. The van der Waals surface area contributed by atoms with Crippen LogP contribution in [-0.2, 0) is 10.0 Å². The van der Waals surface area contributed by atoms with Crippen LogP contribution in [0, 0.1) is 12.8 Å². The fourth-order valence-electron chi connectivity index (χ4n) is 2.75. The van der Waals surface area contributed by atoms with Gasteiger partial charge >= 0.3 is 0 Å². The molecule has 0 spiro atoms. The van der Waals surface area contributed by atoms with Gasteiger partial charge in [0.1, 0.15) is 0 Å². The fourth-order valence-corrected chi connectivity index (χ4v) is 4.37. The smallest absolute Gasteiger partial charge is 0.241 e. The average Bonchev–Trinajstić information content (AvgIpc) is 2.41. The van der Waals surface area contributed by atoms with Crippen LogP contribution >= 0.6 is 0 Å². The van der Waals surface area contributed by atoms with E-state index < -0.39 is 10.0 Å². The minimum Gasteiger partial charge on any atom is -0.399 e. The van der Waals surface area contributed by atoms with E-state index in [1.807, 2.05) is 0 Å². The number of aliphatic hydroxyl groups is 1. The molecule has 1 fully saturated rings. The van der Waals surface area contributed by atoms with Crippen LogP contribution in [0.4, 0.5) is 5.69 Å². The number of aliphatic hydroxyl groups excluding tert-OH is 1. The quantitative estimate of drug-likeness (QED) is 0.733. The normalized spacial score (nSPS) is 23.7. The topological polar surface area (TPSA) is 92.4 Å². The van der Waals surface area contributed by atoms with Crippen LogP contribution in [0.5, 0.6) is 0 Å². The molecule has 0 aromatic heterocycles. The summed E-state index contributed by atoms with van der Waals surface area (Å²) in [5, 5.41) is 9.37.